The molecule has 2 rings (SSSR count). The summed E-state index contributed by atoms with van der Waals surface area (Å²) in [5.41, 5.74) is 0.597. The summed E-state index contributed by atoms with van der Waals surface area (Å²) in [6.07, 6.45) is 2.63. The molecule has 1 saturated heterocycles. The average Bonchev–Trinajstić information content (AvgIpc) is 2.30. The fourth-order valence-corrected chi connectivity index (χ4v) is 1.99. The zero-order chi connectivity index (χ0) is 11.5. The van der Waals surface area contributed by atoms with Gasteiger partial charge in [0.1, 0.15) is 4.60 Å². The third-order valence-electron chi connectivity index (χ3n) is 2.73. The second-order valence-corrected chi connectivity index (χ2v) is 4.71. The van der Waals surface area contributed by atoms with E-state index in [1.54, 1.807) is 23.2 Å². The van der Waals surface area contributed by atoms with Crippen LogP contribution in [0.5, 0.6) is 0 Å². The van der Waals surface area contributed by atoms with Crippen LogP contribution in [0, 0.1) is 0 Å². The van der Waals surface area contributed by atoms with Gasteiger partial charge in [-0.05, 0) is 40.9 Å². The molecule has 1 aromatic rings. The van der Waals surface area contributed by atoms with Gasteiger partial charge in [-0.15, -0.1) is 0 Å². The number of piperidine rings is 1. The highest BCUT2D eigenvalue weighted by Crippen LogP contribution is 2.14. The lowest BCUT2D eigenvalue weighted by Crippen LogP contribution is -2.40. The fraction of sp³-hybridized carbons (Fsp3) is 0.455. The molecule has 1 N–H and O–H groups in total. The van der Waals surface area contributed by atoms with E-state index >= 15 is 0 Å². The summed E-state index contributed by atoms with van der Waals surface area (Å²) in [6, 6.07) is 3.51. The molecule has 0 unspecified atom stereocenters. The standard InChI is InChI=1S/C11H13BrN2O2/c12-10-2-1-8(7-13-10)11(16)14-5-3-9(15)4-6-14/h1-2,7,9,15H,3-6H2. The monoisotopic (exact) mass is 284 g/mol. The topological polar surface area (TPSA) is 53.4 Å². The normalized spacial score (nSPS) is 17.5. The molecule has 0 atom stereocenters. The van der Waals surface area contributed by atoms with Crippen LogP contribution in [0.25, 0.3) is 0 Å². The first kappa shape index (κ1) is 11.5. The maximum absolute atomic E-state index is 12.0. The first-order valence-electron chi connectivity index (χ1n) is 5.26. The molecule has 0 aliphatic carbocycles. The van der Waals surface area contributed by atoms with Gasteiger partial charge in [0.05, 0.1) is 11.7 Å². The van der Waals surface area contributed by atoms with Crippen molar-refractivity contribution in [3.05, 3.63) is 28.5 Å². The van der Waals surface area contributed by atoms with Crippen LogP contribution in [-0.2, 0) is 0 Å². The number of hydrogen-bond acceptors (Lipinski definition) is 3. The maximum atomic E-state index is 12.0. The fourth-order valence-electron chi connectivity index (χ4n) is 1.75. The second kappa shape index (κ2) is 4.93. The minimum Gasteiger partial charge on any atom is -0.393 e. The predicted molar refractivity (Wildman–Crippen MR) is 63.1 cm³/mol. The molecular formula is C11H13BrN2O2. The Kier molecular flexibility index (Phi) is 3.56. The van der Waals surface area contributed by atoms with Crippen molar-refractivity contribution in [2.24, 2.45) is 0 Å². The smallest absolute Gasteiger partial charge is 0.255 e. The molecule has 16 heavy (non-hydrogen) atoms. The average molecular weight is 285 g/mol. The van der Waals surface area contributed by atoms with Crippen molar-refractivity contribution in [1.82, 2.24) is 9.88 Å². The molecule has 2 heterocycles. The summed E-state index contributed by atoms with van der Waals surface area (Å²) in [5.74, 6) is -0.00750. The Bertz CT molecular complexity index is 372. The lowest BCUT2D eigenvalue weighted by Gasteiger charge is -2.29. The summed E-state index contributed by atoms with van der Waals surface area (Å²) in [5, 5.41) is 9.36. The van der Waals surface area contributed by atoms with E-state index < -0.39 is 0 Å². The molecule has 1 fully saturated rings. The van der Waals surface area contributed by atoms with Gasteiger partial charge in [0.15, 0.2) is 0 Å². The third kappa shape index (κ3) is 2.59. The van der Waals surface area contributed by atoms with E-state index in [1.807, 2.05) is 0 Å². The number of aromatic nitrogens is 1. The van der Waals surface area contributed by atoms with E-state index in [0.29, 0.717) is 31.5 Å². The predicted octanol–water partition coefficient (Wildman–Crippen LogP) is 1.44. The molecule has 0 aromatic carbocycles. The molecule has 1 aliphatic heterocycles. The van der Waals surface area contributed by atoms with Gasteiger partial charge in [0, 0.05) is 19.3 Å². The number of aliphatic hydroxyl groups is 1. The van der Waals surface area contributed by atoms with Crippen molar-refractivity contribution in [3.63, 3.8) is 0 Å². The zero-order valence-electron chi connectivity index (χ0n) is 8.77. The highest BCUT2D eigenvalue weighted by Gasteiger charge is 2.22. The van der Waals surface area contributed by atoms with Crippen molar-refractivity contribution in [2.45, 2.75) is 18.9 Å². The number of halogens is 1. The van der Waals surface area contributed by atoms with Crippen LogP contribution < -0.4 is 0 Å². The summed E-state index contributed by atoms with van der Waals surface area (Å²) in [4.78, 5) is 17.8. The first-order chi connectivity index (χ1) is 7.66. The first-order valence-corrected chi connectivity index (χ1v) is 6.05. The zero-order valence-corrected chi connectivity index (χ0v) is 10.4. The lowest BCUT2D eigenvalue weighted by molar-refractivity contribution is 0.0546. The van der Waals surface area contributed by atoms with Crippen molar-refractivity contribution in [2.75, 3.05) is 13.1 Å². The van der Waals surface area contributed by atoms with E-state index in [0.717, 1.165) is 4.60 Å². The Labute approximate surface area is 102 Å². The van der Waals surface area contributed by atoms with Gasteiger partial charge in [-0.1, -0.05) is 0 Å². The molecule has 1 amide bonds. The van der Waals surface area contributed by atoms with Gasteiger partial charge >= 0.3 is 0 Å². The van der Waals surface area contributed by atoms with E-state index in [1.165, 1.54) is 0 Å². The van der Waals surface area contributed by atoms with Gasteiger partial charge in [-0.3, -0.25) is 4.79 Å². The molecule has 0 spiro atoms. The van der Waals surface area contributed by atoms with Crippen LogP contribution >= 0.6 is 15.9 Å². The Morgan fingerprint density at radius 1 is 1.44 bits per heavy atom. The lowest BCUT2D eigenvalue weighted by atomic mass is 10.1. The van der Waals surface area contributed by atoms with Crippen molar-refractivity contribution in [3.8, 4) is 0 Å². The molecule has 0 radical (unpaired) electrons. The largest absolute Gasteiger partial charge is 0.393 e. The van der Waals surface area contributed by atoms with Gasteiger partial charge < -0.3 is 10.0 Å². The van der Waals surface area contributed by atoms with Crippen LogP contribution in [0.15, 0.2) is 22.9 Å². The number of amides is 1. The summed E-state index contributed by atoms with van der Waals surface area (Å²) in [6.45, 7) is 1.24. The highest BCUT2D eigenvalue weighted by atomic mass is 79.9. The van der Waals surface area contributed by atoms with Gasteiger partial charge in [0.25, 0.3) is 5.91 Å². The number of hydrogen-bond donors (Lipinski definition) is 1. The molecule has 1 aliphatic rings. The number of likely N-dealkylation sites (tertiary alicyclic amines) is 1. The summed E-state index contributed by atoms with van der Waals surface area (Å²) in [7, 11) is 0. The van der Waals surface area contributed by atoms with E-state index in [9.17, 15) is 9.90 Å². The van der Waals surface area contributed by atoms with Crippen LogP contribution in [0.3, 0.4) is 0 Å². The SMILES string of the molecule is O=C(c1ccc(Br)nc1)N1CCC(O)CC1. The Morgan fingerprint density at radius 3 is 2.69 bits per heavy atom. The highest BCUT2D eigenvalue weighted by molar-refractivity contribution is 9.10. The minimum absolute atomic E-state index is 0.00750. The number of carbonyl (C=O) groups is 1. The van der Waals surface area contributed by atoms with Gasteiger partial charge in [-0.2, -0.15) is 0 Å². The Balaban J connectivity index is 2.05. The summed E-state index contributed by atoms with van der Waals surface area (Å²) < 4.78 is 0.720. The van der Waals surface area contributed by atoms with Crippen LogP contribution in [0.4, 0.5) is 0 Å². The maximum Gasteiger partial charge on any atom is 0.255 e. The van der Waals surface area contributed by atoms with E-state index in [2.05, 4.69) is 20.9 Å². The number of pyridine rings is 1. The van der Waals surface area contributed by atoms with Crippen molar-refractivity contribution >= 4 is 21.8 Å². The molecular weight excluding hydrogens is 272 g/mol. The third-order valence-corrected chi connectivity index (χ3v) is 3.20. The number of nitrogens with zero attached hydrogens (tertiary/aromatic N) is 2. The van der Waals surface area contributed by atoms with E-state index in [4.69, 9.17) is 0 Å². The molecule has 1 aromatic heterocycles. The molecule has 0 bridgehead atoms. The molecule has 0 saturated carbocycles. The molecule has 4 nitrogen and oxygen atoms in total. The van der Waals surface area contributed by atoms with Crippen molar-refractivity contribution < 1.29 is 9.90 Å². The van der Waals surface area contributed by atoms with Crippen LogP contribution in [0.2, 0.25) is 0 Å². The Hall–Kier alpha value is -0.940. The van der Waals surface area contributed by atoms with Gasteiger partial charge in [0.2, 0.25) is 0 Å². The summed E-state index contributed by atoms with van der Waals surface area (Å²) >= 11 is 3.23. The van der Waals surface area contributed by atoms with E-state index in [-0.39, 0.29) is 12.0 Å². The number of aliphatic hydroxyl groups excluding tert-OH is 1. The molecule has 86 valence electrons. The van der Waals surface area contributed by atoms with Crippen LogP contribution in [0.1, 0.15) is 23.2 Å². The van der Waals surface area contributed by atoms with Crippen LogP contribution in [-0.4, -0.2) is 40.1 Å². The quantitative estimate of drug-likeness (QED) is 0.794. The minimum atomic E-state index is -0.257. The Morgan fingerprint density at radius 2 is 2.12 bits per heavy atom. The molecule has 5 heteroatoms. The number of carbonyl (C=O) groups excluding carboxylic acids is 1. The van der Waals surface area contributed by atoms with Gasteiger partial charge in [-0.25, -0.2) is 4.98 Å². The van der Waals surface area contributed by atoms with Crippen molar-refractivity contribution in [1.29, 1.82) is 0 Å². The number of rotatable bonds is 1. The second-order valence-electron chi connectivity index (χ2n) is 3.89.